The number of hydrogen-bond donors (Lipinski definition) is 2. The maximum Gasteiger partial charge on any atom is 0.191 e. The average molecular weight is 319 g/mol. The third-order valence-electron chi connectivity index (χ3n) is 4.16. The van der Waals surface area contributed by atoms with E-state index < -0.39 is 0 Å². The van der Waals surface area contributed by atoms with Crippen LogP contribution in [0.1, 0.15) is 25.2 Å². The minimum atomic E-state index is 0.0585. The van der Waals surface area contributed by atoms with Gasteiger partial charge in [0.15, 0.2) is 5.96 Å². The van der Waals surface area contributed by atoms with Gasteiger partial charge in [0, 0.05) is 37.9 Å². The van der Waals surface area contributed by atoms with Crippen molar-refractivity contribution >= 4 is 5.96 Å². The third-order valence-corrected chi connectivity index (χ3v) is 4.16. The minimum absolute atomic E-state index is 0.0585. The molecule has 6 nitrogen and oxygen atoms in total. The molecule has 1 aromatic heterocycles. The first kappa shape index (κ1) is 17.7. The maximum absolute atomic E-state index is 5.43. The smallest absolute Gasteiger partial charge is 0.191 e. The predicted molar refractivity (Wildman–Crippen MR) is 93.6 cm³/mol. The van der Waals surface area contributed by atoms with Crippen molar-refractivity contribution in [1.29, 1.82) is 0 Å². The second-order valence-corrected chi connectivity index (χ2v) is 6.46. The number of guanidine groups is 1. The van der Waals surface area contributed by atoms with Crippen LogP contribution in [-0.4, -0.2) is 61.3 Å². The molecule has 0 aromatic carbocycles. The van der Waals surface area contributed by atoms with Crippen LogP contribution in [0.25, 0.3) is 0 Å². The quantitative estimate of drug-likeness (QED) is 0.630. The highest BCUT2D eigenvalue weighted by Crippen LogP contribution is 2.14. The molecule has 1 aliphatic heterocycles. The Bertz CT molecular complexity index is 523. The molecule has 1 aromatic rings. The largest absolute Gasteiger partial charge is 0.379 e. The summed E-state index contributed by atoms with van der Waals surface area (Å²) >= 11 is 0. The molecular formula is C17H29N5O. The van der Waals surface area contributed by atoms with E-state index in [1.165, 1.54) is 0 Å². The molecule has 1 saturated heterocycles. The summed E-state index contributed by atoms with van der Waals surface area (Å²) < 4.78 is 5.43. The van der Waals surface area contributed by atoms with Crippen LogP contribution in [0.15, 0.2) is 23.2 Å². The molecule has 0 aliphatic carbocycles. The van der Waals surface area contributed by atoms with Gasteiger partial charge in [0.05, 0.1) is 25.5 Å². The fourth-order valence-corrected chi connectivity index (χ4v) is 2.67. The first-order chi connectivity index (χ1) is 11.0. The number of aliphatic imine (C=N–C) groups is 1. The molecule has 0 atom stereocenters. The molecule has 128 valence electrons. The molecule has 1 fully saturated rings. The molecule has 0 spiro atoms. The van der Waals surface area contributed by atoms with Gasteiger partial charge in [-0.1, -0.05) is 6.07 Å². The summed E-state index contributed by atoms with van der Waals surface area (Å²) in [6, 6.07) is 6.05. The monoisotopic (exact) mass is 319 g/mol. The topological polar surface area (TPSA) is 61.8 Å². The Labute approximate surface area is 139 Å². The van der Waals surface area contributed by atoms with Crippen molar-refractivity contribution in [3.05, 3.63) is 29.6 Å². The Hall–Kier alpha value is -1.66. The lowest BCUT2D eigenvalue weighted by Crippen LogP contribution is -2.56. The van der Waals surface area contributed by atoms with E-state index in [2.05, 4.69) is 39.4 Å². The fraction of sp³-hybridized carbons (Fsp3) is 0.647. The molecule has 0 radical (unpaired) electrons. The molecule has 0 unspecified atom stereocenters. The summed E-state index contributed by atoms with van der Waals surface area (Å²) in [6.07, 6.45) is 0. The number of morpholine rings is 1. The predicted octanol–water partition coefficient (Wildman–Crippen LogP) is 1.17. The number of ether oxygens (including phenoxy) is 1. The van der Waals surface area contributed by atoms with Gasteiger partial charge in [-0.2, -0.15) is 0 Å². The van der Waals surface area contributed by atoms with Crippen molar-refractivity contribution in [3.63, 3.8) is 0 Å². The number of pyridine rings is 1. The van der Waals surface area contributed by atoms with Gasteiger partial charge in [0.25, 0.3) is 0 Å². The van der Waals surface area contributed by atoms with E-state index >= 15 is 0 Å². The molecule has 1 aliphatic rings. The number of nitrogens with zero attached hydrogens (tertiary/aromatic N) is 3. The Kier molecular flexibility index (Phi) is 6.36. The molecule has 2 rings (SSSR count). The van der Waals surface area contributed by atoms with E-state index in [9.17, 15) is 0 Å². The number of nitrogens with one attached hydrogen (secondary N) is 2. The first-order valence-corrected chi connectivity index (χ1v) is 8.21. The minimum Gasteiger partial charge on any atom is -0.379 e. The van der Waals surface area contributed by atoms with Gasteiger partial charge in [0.2, 0.25) is 0 Å². The van der Waals surface area contributed by atoms with Gasteiger partial charge in [-0.15, -0.1) is 0 Å². The number of aryl methyl sites for hydroxylation is 1. The van der Waals surface area contributed by atoms with Crippen LogP contribution in [0.5, 0.6) is 0 Å². The van der Waals surface area contributed by atoms with Crippen LogP contribution in [-0.2, 0) is 11.3 Å². The van der Waals surface area contributed by atoms with E-state index in [0.717, 1.165) is 50.2 Å². The molecule has 0 saturated carbocycles. The zero-order valence-electron chi connectivity index (χ0n) is 14.7. The van der Waals surface area contributed by atoms with Crippen LogP contribution in [0.4, 0.5) is 0 Å². The van der Waals surface area contributed by atoms with Gasteiger partial charge < -0.3 is 15.4 Å². The fourth-order valence-electron chi connectivity index (χ4n) is 2.67. The number of rotatable bonds is 5. The third kappa shape index (κ3) is 5.48. The SMILES string of the molecule is CN=C(NCc1cccc(C)n1)NCC(C)(C)N1CCOCC1. The summed E-state index contributed by atoms with van der Waals surface area (Å²) in [5.41, 5.74) is 2.10. The molecule has 2 N–H and O–H groups in total. The average Bonchev–Trinajstić information content (AvgIpc) is 2.56. The van der Waals surface area contributed by atoms with E-state index in [0.29, 0.717) is 6.54 Å². The van der Waals surface area contributed by atoms with Crippen molar-refractivity contribution in [1.82, 2.24) is 20.5 Å². The van der Waals surface area contributed by atoms with E-state index in [1.54, 1.807) is 7.05 Å². The van der Waals surface area contributed by atoms with Crippen molar-refractivity contribution in [2.75, 3.05) is 39.9 Å². The van der Waals surface area contributed by atoms with Crippen molar-refractivity contribution in [2.24, 2.45) is 4.99 Å². The number of aromatic nitrogens is 1. The highest BCUT2D eigenvalue weighted by atomic mass is 16.5. The van der Waals surface area contributed by atoms with Crippen molar-refractivity contribution in [3.8, 4) is 0 Å². The van der Waals surface area contributed by atoms with E-state index in [1.807, 2.05) is 25.1 Å². The number of hydrogen-bond acceptors (Lipinski definition) is 4. The first-order valence-electron chi connectivity index (χ1n) is 8.21. The Balaban J connectivity index is 1.82. The molecule has 23 heavy (non-hydrogen) atoms. The standard InChI is InChI=1S/C17H29N5O/c1-14-6-5-7-15(21-14)12-19-16(18-4)20-13-17(2,3)22-8-10-23-11-9-22/h5-7H,8-13H2,1-4H3,(H2,18,19,20). The van der Waals surface area contributed by atoms with Gasteiger partial charge in [-0.05, 0) is 32.9 Å². The zero-order chi connectivity index (χ0) is 16.7. The second-order valence-electron chi connectivity index (χ2n) is 6.46. The molecular weight excluding hydrogens is 290 g/mol. The molecule has 6 heteroatoms. The van der Waals surface area contributed by atoms with E-state index in [-0.39, 0.29) is 5.54 Å². The van der Waals surface area contributed by atoms with Crippen LogP contribution < -0.4 is 10.6 Å². The zero-order valence-corrected chi connectivity index (χ0v) is 14.7. The normalized spacial score (nSPS) is 17.1. The summed E-state index contributed by atoms with van der Waals surface area (Å²) in [7, 11) is 1.79. The van der Waals surface area contributed by atoms with Crippen LogP contribution in [0, 0.1) is 6.92 Å². The van der Waals surface area contributed by atoms with Crippen LogP contribution in [0.3, 0.4) is 0 Å². The lowest BCUT2D eigenvalue weighted by molar-refractivity contribution is -0.00834. The second kappa shape index (κ2) is 8.26. The summed E-state index contributed by atoms with van der Waals surface area (Å²) in [5.74, 6) is 0.801. The lowest BCUT2D eigenvalue weighted by atomic mass is 10.0. The highest BCUT2D eigenvalue weighted by molar-refractivity contribution is 5.79. The van der Waals surface area contributed by atoms with Crippen LogP contribution >= 0.6 is 0 Å². The van der Waals surface area contributed by atoms with Gasteiger partial charge >= 0.3 is 0 Å². The van der Waals surface area contributed by atoms with Gasteiger partial charge in [0.1, 0.15) is 0 Å². The van der Waals surface area contributed by atoms with Crippen LogP contribution in [0.2, 0.25) is 0 Å². The van der Waals surface area contributed by atoms with Gasteiger partial charge in [-0.25, -0.2) is 0 Å². The van der Waals surface area contributed by atoms with Gasteiger partial charge in [-0.3, -0.25) is 14.9 Å². The molecule has 2 heterocycles. The van der Waals surface area contributed by atoms with Crippen molar-refractivity contribution < 1.29 is 4.74 Å². The Morgan fingerprint density at radius 1 is 1.30 bits per heavy atom. The lowest BCUT2D eigenvalue weighted by Gasteiger charge is -2.41. The summed E-state index contributed by atoms with van der Waals surface area (Å²) in [4.78, 5) is 11.2. The van der Waals surface area contributed by atoms with Crippen molar-refractivity contribution in [2.45, 2.75) is 32.9 Å². The molecule has 0 bridgehead atoms. The Morgan fingerprint density at radius 3 is 2.70 bits per heavy atom. The maximum atomic E-state index is 5.43. The molecule has 0 amide bonds. The van der Waals surface area contributed by atoms with E-state index in [4.69, 9.17) is 4.74 Å². The Morgan fingerprint density at radius 2 is 2.04 bits per heavy atom. The summed E-state index contributed by atoms with van der Waals surface area (Å²) in [6.45, 7) is 11.6. The summed E-state index contributed by atoms with van der Waals surface area (Å²) in [5, 5.41) is 6.74. The highest BCUT2D eigenvalue weighted by Gasteiger charge is 2.28.